The molecule has 0 bridgehead atoms. The number of amides is 1. The molecule has 0 saturated carbocycles. The summed E-state index contributed by atoms with van der Waals surface area (Å²) >= 11 is 12.3. The van der Waals surface area contributed by atoms with Gasteiger partial charge in [0.1, 0.15) is 5.75 Å². The zero-order valence-corrected chi connectivity index (χ0v) is 19.8. The summed E-state index contributed by atoms with van der Waals surface area (Å²) in [6.07, 6.45) is 0. The zero-order valence-electron chi connectivity index (χ0n) is 17.4. The summed E-state index contributed by atoms with van der Waals surface area (Å²) in [5.41, 5.74) is 2.16. The van der Waals surface area contributed by atoms with Crippen LogP contribution in [0, 0.1) is 6.92 Å². The number of halogens is 2. The van der Waals surface area contributed by atoms with Crippen LogP contribution >= 0.6 is 23.2 Å². The quantitative estimate of drug-likeness (QED) is 0.443. The van der Waals surface area contributed by atoms with Gasteiger partial charge in [0.05, 0.1) is 9.92 Å². The first kappa shape index (κ1) is 24.1. The molecule has 1 amide bonds. The van der Waals surface area contributed by atoms with Crippen molar-refractivity contribution in [2.45, 2.75) is 24.8 Å². The smallest absolute Gasteiger partial charge is 0.262 e. The molecule has 0 aliphatic carbocycles. The number of nitrogens with one attached hydrogen (secondary N) is 2. The number of ether oxygens (including phenoxy) is 1. The van der Waals surface area contributed by atoms with Gasteiger partial charge in [-0.2, -0.15) is 0 Å². The Kier molecular flexibility index (Phi) is 7.79. The first-order valence-corrected chi connectivity index (χ1v) is 12.0. The summed E-state index contributed by atoms with van der Waals surface area (Å²) in [7, 11) is -3.81. The molecule has 0 saturated heterocycles. The molecule has 0 fully saturated rings. The summed E-state index contributed by atoms with van der Waals surface area (Å²) in [6.45, 7) is 3.24. The largest absolute Gasteiger partial charge is 0.482 e. The lowest BCUT2D eigenvalue weighted by atomic mass is 10.1. The number of rotatable bonds is 8. The number of hydrogen-bond donors (Lipinski definition) is 2. The maximum Gasteiger partial charge on any atom is 0.262 e. The van der Waals surface area contributed by atoms with Crippen molar-refractivity contribution in [3.05, 3.63) is 87.9 Å². The Balaban J connectivity index is 1.64. The van der Waals surface area contributed by atoms with Gasteiger partial charge in [0.25, 0.3) is 5.91 Å². The van der Waals surface area contributed by atoms with Crippen LogP contribution in [0.25, 0.3) is 0 Å². The van der Waals surface area contributed by atoms with Crippen molar-refractivity contribution in [3.63, 3.8) is 0 Å². The molecule has 1 unspecified atom stereocenters. The molecule has 32 heavy (non-hydrogen) atoms. The number of hydrogen-bond acceptors (Lipinski definition) is 4. The van der Waals surface area contributed by atoms with E-state index in [2.05, 4.69) is 10.0 Å². The lowest BCUT2D eigenvalue weighted by molar-refractivity contribution is -0.118. The number of benzene rings is 3. The van der Waals surface area contributed by atoms with Crippen LogP contribution in [-0.4, -0.2) is 20.9 Å². The topological polar surface area (TPSA) is 84.5 Å². The van der Waals surface area contributed by atoms with Gasteiger partial charge >= 0.3 is 0 Å². The van der Waals surface area contributed by atoms with Crippen molar-refractivity contribution in [1.29, 1.82) is 0 Å². The molecular weight excluding hydrogens is 471 g/mol. The van der Waals surface area contributed by atoms with E-state index in [1.807, 2.05) is 30.3 Å². The molecule has 168 valence electrons. The normalized spacial score (nSPS) is 12.2. The second-order valence-corrected chi connectivity index (χ2v) is 9.62. The fourth-order valence-electron chi connectivity index (χ4n) is 2.95. The van der Waals surface area contributed by atoms with Gasteiger partial charge in [0.15, 0.2) is 6.61 Å². The highest BCUT2D eigenvalue weighted by atomic mass is 35.5. The van der Waals surface area contributed by atoms with Gasteiger partial charge < -0.3 is 10.1 Å². The number of carbonyl (C=O) groups excluding carboxylic acids is 1. The third kappa shape index (κ3) is 6.01. The first-order chi connectivity index (χ1) is 15.2. The van der Waals surface area contributed by atoms with Crippen molar-refractivity contribution >= 4 is 44.8 Å². The van der Waals surface area contributed by atoms with Crippen LogP contribution in [0.3, 0.4) is 0 Å². The fourth-order valence-corrected chi connectivity index (χ4v) is 4.68. The van der Waals surface area contributed by atoms with Crippen LogP contribution in [0.4, 0.5) is 5.69 Å². The highest BCUT2D eigenvalue weighted by molar-refractivity contribution is 7.89. The van der Waals surface area contributed by atoms with E-state index in [1.165, 1.54) is 18.2 Å². The van der Waals surface area contributed by atoms with Crippen LogP contribution < -0.4 is 14.8 Å². The Bertz CT molecular complexity index is 1220. The molecule has 9 heteroatoms. The van der Waals surface area contributed by atoms with Gasteiger partial charge in [-0.1, -0.05) is 59.6 Å². The van der Waals surface area contributed by atoms with E-state index in [9.17, 15) is 13.2 Å². The van der Waals surface area contributed by atoms with E-state index in [4.69, 9.17) is 27.9 Å². The molecule has 0 heterocycles. The van der Waals surface area contributed by atoms with Gasteiger partial charge in [-0.05, 0) is 55.3 Å². The number of sulfonamides is 1. The van der Waals surface area contributed by atoms with Crippen molar-refractivity contribution in [2.75, 3.05) is 11.9 Å². The van der Waals surface area contributed by atoms with Crippen molar-refractivity contribution < 1.29 is 17.9 Å². The maximum absolute atomic E-state index is 12.7. The Morgan fingerprint density at radius 1 is 1.00 bits per heavy atom. The zero-order chi connectivity index (χ0) is 23.3. The van der Waals surface area contributed by atoms with E-state index in [0.29, 0.717) is 10.7 Å². The molecule has 0 aliphatic heterocycles. The summed E-state index contributed by atoms with van der Waals surface area (Å²) in [4.78, 5) is 12.2. The summed E-state index contributed by atoms with van der Waals surface area (Å²) in [6, 6.07) is 18.1. The summed E-state index contributed by atoms with van der Waals surface area (Å²) < 4.78 is 33.5. The van der Waals surface area contributed by atoms with Gasteiger partial charge in [-0.3, -0.25) is 4.79 Å². The third-order valence-corrected chi connectivity index (χ3v) is 6.99. The average Bonchev–Trinajstić information content (AvgIpc) is 2.76. The molecule has 0 aromatic heterocycles. The summed E-state index contributed by atoms with van der Waals surface area (Å²) in [5.74, 6) is -0.207. The maximum atomic E-state index is 12.7. The van der Waals surface area contributed by atoms with Gasteiger partial charge in [0, 0.05) is 16.8 Å². The average molecular weight is 493 g/mol. The van der Waals surface area contributed by atoms with Crippen molar-refractivity contribution in [2.24, 2.45) is 0 Å². The molecular formula is C23H22Cl2N2O4S. The minimum Gasteiger partial charge on any atom is -0.482 e. The molecule has 3 rings (SSSR count). The Labute approximate surface area is 197 Å². The van der Waals surface area contributed by atoms with Crippen LogP contribution in [0.2, 0.25) is 10.0 Å². The standard InChI is InChI=1S/C23H22Cl2N2O4S/c1-15-19(24)9-6-10-21(15)26-23(28)14-31-22-12-11-18(13-20(22)25)32(29,30)27-16(2)17-7-4-3-5-8-17/h3-13,16,27H,14H2,1-2H3,(H,26,28). The molecule has 0 aliphatic rings. The van der Waals surface area contributed by atoms with E-state index >= 15 is 0 Å². The number of carbonyl (C=O) groups is 1. The lowest BCUT2D eigenvalue weighted by Gasteiger charge is -2.15. The third-order valence-electron chi connectivity index (χ3n) is 4.75. The highest BCUT2D eigenvalue weighted by Crippen LogP contribution is 2.28. The molecule has 0 spiro atoms. The molecule has 0 radical (unpaired) electrons. The van der Waals surface area contributed by atoms with Crippen LogP contribution in [-0.2, 0) is 14.8 Å². The highest BCUT2D eigenvalue weighted by Gasteiger charge is 2.20. The van der Waals surface area contributed by atoms with Crippen LogP contribution in [0.15, 0.2) is 71.6 Å². The predicted molar refractivity (Wildman–Crippen MR) is 127 cm³/mol. The fraction of sp³-hybridized carbons (Fsp3) is 0.174. The number of anilines is 1. The van der Waals surface area contributed by atoms with Crippen molar-refractivity contribution in [3.8, 4) is 5.75 Å². The minimum absolute atomic E-state index is 0.00312. The van der Waals surface area contributed by atoms with E-state index in [-0.39, 0.29) is 22.3 Å². The van der Waals surface area contributed by atoms with E-state index < -0.39 is 22.0 Å². The van der Waals surface area contributed by atoms with Crippen LogP contribution in [0.5, 0.6) is 5.75 Å². The molecule has 3 aromatic rings. The molecule has 2 N–H and O–H groups in total. The molecule has 3 aromatic carbocycles. The Morgan fingerprint density at radius 3 is 2.41 bits per heavy atom. The Hall–Kier alpha value is -2.58. The van der Waals surface area contributed by atoms with E-state index in [1.54, 1.807) is 32.0 Å². The van der Waals surface area contributed by atoms with Crippen molar-refractivity contribution in [1.82, 2.24) is 4.72 Å². The van der Waals surface area contributed by atoms with Crippen LogP contribution in [0.1, 0.15) is 24.1 Å². The van der Waals surface area contributed by atoms with Gasteiger partial charge in [-0.15, -0.1) is 0 Å². The van der Waals surface area contributed by atoms with Gasteiger partial charge in [0.2, 0.25) is 10.0 Å². The minimum atomic E-state index is -3.81. The predicted octanol–water partition coefficient (Wildman–Crippen LogP) is 5.36. The van der Waals surface area contributed by atoms with E-state index in [0.717, 1.165) is 11.1 Å². The van der Waals surface area contributed by atoms with Gasteiger partial charge in [-0.25, -0.2) is 13.1 Å². The first-order valence-electron chi connectivity index (χ1n) is 9.72. The lowest BCUT2D eigenvalue weighted by Crippen LogP contribution is -2.27. The second kappa shape index (κ2) is 10.4. The second-order valence-electron chi connectivity index (χ2n) is 7.10. The SMILES string of the molecule is Cc1c(Cl)cccc1NC(=O)COc1ccc(S(=O)(=O)NC(C)c2ccccc2)cc1Cl. The molecule has 6 nitrogen and oxygen atoms in total. The Morgan fingerprint density at radius 2 is 1.72 bits per heavy atom. The molecule has 1 atom stereocenters. The summed E-state index contributed by atoms with van der Waals surface area (Å²) in [5, 5.41) is 3.33. The monoisotopic (exact) mass is 492 g/mol.